The molecular weight excluding hydrogens is 471 g/mol. The molecule has 186 valence electrons. The summed E-state index contributed by atoms with van der Waals surface area (Å²) in [5.74, 6) is 2.42. The second-order valence-electron chi connectivity index (χ2n) is 8.54. The largest absolute Gasteiger partial charge is 0.416 e. The van der Waals surface area contributed by atoms with Crippen LogP contribution in [0.25, 0.3) is 0 Å². The van der Waals surface area contributed by atoms with Crippen LogP contribution in [-0.4, -0.2) is 26.9 Å². The second-order valence-corrected chi connectivity index (χ2v) is 8.54. The summed E-state index contributed by atoms with van der Waals surface area (Å²) < 4.78 is 40.0. The van der Waals surface area contributed by atoms with Gasteiger partial charge in [0.15, 0.2) is 0 Å². The third kappa shape index (κ3) is 5.05. The summed E-state index contributed by atoms with van der Waals surface area (Å²) >= 11 is 0. The van der Waals surface area contributed by atoms with E-state index in [0.717, 1.165) is 12.1 Å². The number of nitrogens with two attached hydrogens (primary N) is 1. The minimum atomic E-state index is -4.43. The van der Waals surface area contributed by atoms with E-state index in [1.54, 1.807) is 36.1 Å². The number of nitrogens with zero attached hydrogens (tertiary/aromatic N) is 3. The molecule has 1 amide bonds. The fourth-order valence-corrected chi connectivity index (χ4v) is 4.13. The van der Waals surface area contributed by atoms with E-state index in [1.165, 1.54) is 16.7 Å². The van der Waals surface area contributed by atoms with Gasteiger partial charge in [-0.25, -0.2) is 4.98 Å². The molecule has 0 aliphatic carbocycles. The Bertz CT molecular complexity index is 1390. The fraction of sp³-hybridized carbons (Fsp3) is 0.269. The summed E-state index contributed by atoms with van der Waals surface area (Å²) in [6, 6.07) is 10.9. The maximum absolute atomic E-state index is 13.4. The first kappa shape index (κ1) is 24.9. The summed E-state index contributed by atoms with van der Waals surface area (Å²) in [5, 5.41) is 3.11. The average molecular weight is 496 g/mol. The van der Waals surface area contributed by atoms with Crippen molar-refractivity contribution < 1.29 is 18.0 Å². The predicted octanol–water partition coefficient (Wildman–Crippen LogP) is 3.85. The molecule has 0 fully saturated rings. The van der Waals surface area contributed by atoms with Gasteiger partial charge in [0.1, 0.15) is 0 Å². The number of nitrogen functional groups attached to an aromatic ring is 1. The Hall–Kier alpha value is -4.26. The van der Waals surface area contributed by atoms with Crippen LogP contribution in [0.3, 0.4) is 0 Å². The lowest BCUT2D eigenvalue weighted by molar-refractivity contribution is -0.137. The molecule has 4 rings (SSSR count). The number of hydrogen-bond acceptors (Lipinski definition) is 5. The van der Waals surface area contributed by atoms with Crippen molar-refractivity contribution in [2.45, 2.75) is 38.7 Å². The van der Waals surface area contributed by atoms with E-state index in [4.69, 9.17) is 12.2 Å². The molecule has 0 spiro atoms. The first-order valence-electron chi connectivity index (χ1n) is 11.2. The minimum Gasteiger partial charge on any atom is -0.399 e. The van der Waals surface area contributed by atoms with Crippen LogP contribution in [0, 0.1) is 12.3 Å². The van der Waals surface area contributed by atoms with Gasteiger partial charge in [0.2, 0.25) is 5.95 Å². The van der Waals surface area contributed by atoms with Crippen molar-refractivity contribution in [3.63, 3.8) is 0 Å². The molecule has 1 aliphatic heterocycles. The highest BCUT2D eigenvalue weighted by Crippen LogP contribution is 2.30. The van der Waals surface area contributed by atoms with E-state index < -0.39 is 17.8 Å². The van der Waals surface area contributed by atoms with Crippen molar-refractivity contribution in [3.8, 4) is 12.3 Å². The molecule has 0 unspecified atom stereocenters. The number of carbonyl (C=O) groups excluding carboxylic acids is 1. The molecular formula is C26H24F3N5O2. The van der Waals surface area contributed by atoms with E-state index in [9.17, 15) is 22.8 Å². The molecule has 1 atom stereocenters. The van der Waals surface area contributed by atoms with Crippen molar-refractivity contribution in [2.24, 2.45) is 0 Å². The maximum Gasteiger partial charge on any atom is 0.416 e. The standard InChI is InChI=1S/C26H24F3N5O2/c1-3-12-34-24(36)21-15-33(23(35)18-5-4-6-20(30)14-18)13-11-22(21)32-25(34)31-16(2)17-7-9-19(10-8-17)26(27,28)29/h1,4-10,14,16H,11-13,15,30H2,2H3,(H,31,32)/t16-/m0/s1. The van der Waals surface area contributed by atoms with Crippen molar-refractivity contribution in [1.82, 2.24) is 14.5 Å². The van der Waals surface area contributed by atoms with E-state index in [1.807, 2.05) is 0 Å². The number of nitrogens with one attached hydrogen (secondary N) is 1. The second kappa shape index (κ2) is 9.77. The van der Waals surface area contributed by atoms with Crippen LogP contribution < -0.4 is 16.6 Å². The molecule has 3 aromatic rings. The van der Waals surface area contributed by atoms with Crippen LogP contribution >= 0.6 is 0 Å². The Kier molecular flexibility index (Phi) is 6.75. The number of halogens is 3. The molecule has 7 nitrogen and oxygen atoms in total. The Labute approximate surface area is 205 Å². The number of fused-ring (bicyclic) bond motifs is 1. The number of benzene rings is 2. The fourth-order valence-electron chi connectivity index (χ4n) is 4.13. The lowest BCUT2D eigenvalue weighted by Gasteiger charge is -2.29. The van der Waals surface area contributed by atoms with Gasteiger partial charge in [0, 0.05) is 24.2 Å². The lowest BCUT2D eigenvalue weighted by atomic mass is 10.0. The predicted molar refractivity (Wildman–Crippen MR) is 130 cm³/mol. The van der Waals surface area contributed by atoms with E-state index in [0.29, 0.717) is 41.0 Å². The van der Waals surface area contributed by atoms with Crippen LogP contribution in [-0.2, 0) is 25.7 Å². The quantitative estimate of drug-likeness (QED) is 0.414. The van der Waals surface area contributed by atoms with Gasteiger partial charge in [-0.1, -0.05) is 24.1 Å². The van der Waals surface area contributed by atoms with Crippen LogP contribution in [0.5, 0.6) is 0 Å². The number of anilines is 2. The Morgan fingerprint density at radius 1 is 1.25 bits per heavy atom. The Balaban J connectivity index is 1.61. The van der Waals surface area contributed by atoms with Crippen LogP contribution in [0.15, 0.2) is 53.3 Å². The van der Waals surface area contributed by atoms with Gasteiger partial charge in [-0.05, 0) is 42.8 Å². The van der Waals surface area contributed by atoms with Gasteiger partial charge >= 0.3 is 6.18 Å². The summed E-state index contributed by atoms with van der Waals surface area (Å²) in [6.07, 6.45) is 1.43. The average Bonchev–Trinajstić information content (AvgIpc) is 2.85. The van der Waals surface area contributed by atoms with E-state index in [-0.39, 0.29) is 30.5 Å². The molecule has 0 bridgehead atoms. The summed E-state index contributed by atoms with van der Waals surface area (Å²) in [4.78, 5) is 32.5. The molecule has 36 heavy (non-hydrogen) atoms. The minimum absolute atomic E-state index is 0.0651. The van der Waals surface area contributed by atoms with Crippen LogP contribution in [0.1, 0.15) is 45.7 Å². The topological polar surface area (TPSA) is 93.2 Å². The number of alkyl halides is 3. The van der Waals surface area contributed by atoms with Crippen molar-refractivity contribution in [2.75, 3.05) is 17.6 Å². The highest BCUT2D eigenvalue weighted by molar-refractivity contribution is 5.95. The van der Waals surface area contributed by atoms with Gasteiger partial charge in [0.25, 0.3) is 11.5 Å². The zero-order chi connectivity index (χ0) is 26.0. The van der Waals surface area contributed by atoms with Crippen LogP contribution in [0.2, 0.25) is 0 Å². The van der Waals surface area contributed by atoms with E-state index in [2.05, 4.69) is 16.2 Å². The SMILES string of the molecule is C#CCn1c(N[C@@H](C)c2ccc(C(F)(F)F)cc2)nc2c(c1=O)CN(C(=O)c1cccc(N)c1)CC2. The number of carbonyl (C=O) groups is 1. The zero-order valence-electron chi connectivity index (χ0n) is 19.5. The lowest BCUT2D eigenvalue weighted by Crippen LogP contribution is -2.41. The number of terminal acetylenes is 1. The van der Waals surface area contributed by atoms with Crippen molar-refractivity contribution in [3.05, 3.63) is 86.8 Å². The number of amides is 1. The zero-order valence-corrected chi connectivity index (χ0v) is 19.5. The van der Waals surface area contributed by atoms with Gasteiger partial charge in [-0.3, -0.25) is 14.2 Å². The molecule has 2 aromatic carbocycles. The highest BCUT2D eigenvalue weighted by Gasteiger charge is 2.30. The first-order valence-corrected chi connectivity index (χ1v) is 11.2. The number of aromatic nitrogens is 2. The third-order valence-corrected chi connectivity index (χ3v) is 6.07. The molecule has 1 aromatic heterocycles. The third-order valence-electron chi connectivity index (χ3n) is 6.07. The Morgan fingerprint density at radius 2 is 1.97 bits per heavy atom. The highest BCUT2D eigenvalue weighted by atomic mass is 19.4. The molecule has 1 aliphatic rings. The van der Waals surface area contributed by atoms with Crippen molar-refractivity contribution >= 4 is 17.5 Å². The van der Waals surface area contributed by atoms with Crippen molar-refractivity contribution in [1.29, 1.82) is 0 Å². The normalized spacial score (nSPS) is 14.0. The summed E-state index contributed by atoms with van der Waals surface area (Å²) in [5.41, 5.74) is 7.09. The van der Waals surface area contributed by atoms with Gasteiger partial charge < -0.3 is 16.0 Å². The van der Waals surface area contributed by atoms with Gasteiger partial charge in [-0.2, -0.15) is 13.2 Å². The molecule has 0 radical (unpaired) electrons. The molecule has 0 saturated heterocycles. The maximum atomic E-state index is 13.4. The summed E-state index contributed by atoms with van der Waals surface area (Å²) in [7, 11) is 0. The number of hydrogen-bond donors (Lipinski definition) is 2. The first-order chi connectivity index (χ1) is 17.1. The molecule has 10 heteroatoms. The molecule has 0 saturated carbocycles. The molecule has 2 heterocycles. The smallest absolute Gasteiger partial charge is 0.399 e. The molecule has 3 N–H and O–H groups in total. The number of rotatable bonds is 5. The van der Waals surface area contributed by atoms with Gasteiger partial charge in [0.05, 0.1) is 36.0 Å². The summed E-state index contributed by atoms with van der Waals surface area (Å²) in [6.45, 7) is 2.12. The van der Waals surface area contributed by atoms with Gasteiger partial charge in [-0.15, -0.1) is 6.42 Å². The monoisotopic (exact) mass is 495 g/mol. The van der Waals surface area contributed by atoms with Crippen LogP contribution in [0.4, 0.5) is 24.8 Å². The van der Waals surface area contributed by atoms with E-state index >= 15 is 0 Å². The Morgan fingerprint density at radius 3 is 2.61 bits per heavy atom.